The highest BCUT2D eigenvalue weighted by Gasteiger charge is 2.50. The summed E-state index contributed by atoms with van der Waals surface area (Å²) in [5.41, 5.74) is 0.897. The van der Waals surface area contributed by atoms with Crippen LogP contribution in [0.3, 0.4) is 0 Å². The smallest absolute Gasteiger partial charge is 0.330 e. The second kappa shape index (κ2) is 3.86. The van der Waals surface area contributed by atoms with Crippen LogP contribution in [0.5, 0.6) is 0 Å². The first kappa shape index (κ1) is 11.3. The highest BCUT2D eigenvalue weighted by atomic mass is 16.4. The van der Waals surface area contributed by atoms with Crippen molar-refractivity contribution in [3.05, 3.63) is 12.2 Å². The minimum absolute atomic E-state index is 0.403. The van der Waals surface area contributed by atoms with Crippen LogP contribution in [0.2, 0.25) is 0 Å². The van der Waals surface area contributed by atoms with Gasteiger partial charge in [-0.15, -0.1) is 0 Å². The van der Waals surface area contributed by atoms with Gasteiger partial charge in [-0.3, -0.25) is 0 Å². The molecule has 17 heavy (non-hydrogen) atoms. The molecule has 94 valence electrons. The van der Waals surface area contributed by atoms with E-state index in [1.54, 1.807) is 0 Å². The monoisotopic (exact) mass is 234 g/mol. The maximum Gasteiger partial charge on any atom is 0.330 e. The van der Waals surface area contributed by atoms with E-state index in [2.05, 4.69) is 6.58 Å². The topological polar surface area (TPSA) is 37.3 Å². The van der Waals surface area contributed by atoms with Crippen LogP contribution in [0.1, 0.15) is 51.4 Å². The fourth-order valence-corrected chi connectivity index (χ4v) is 5.12. The van der Waals surface area contributed by atoms with Crippen molar-refractivity contribution in [2.75, 3.05) is 0 Å². The Morgan fingerprint density at radius 1 is 1.12 bits per heavy atom. The van der Waals surface area contributed by atoms with Crippen molar-refractivity contribution in [2.24, 2.45) is 23.2 Å². The fourth-order valence-electron chi connectivity index (χ4n) is 5.12. The van der Waals surface area contributed by atoms with Crippen molar-refractivity contribution in [2.45, 2.75) is 51.4 Å². The molecule has 2 heteroatoms. The molecule has 0 unspecified atom stereocenters. The zero-order valence-electron chi connectivity index (χ0n) is 10.5. The Labute approximate surface area is 103 Å². The van der Waals surface area contributed by atoms with Crippen LogP contribution in [0, 0.1) is 23.2 Å². The van der Waals surface area contributed by atoms with Crippen molar-refractivity contribution in [3.8, 4) is 0 Å². The highest BCUT2D eigenvalue weighted by molar-refractivity contribution is 5.85. The average Bonchev–Trinajstić information content (AvgIpc) is 2.24. The van der Waals surface area contributed by atoms with Gasteiger partial charge in [-0.1, -0.05) is 6.58 Å². The summed E-state index contributed by atoms with van der Waals surface area (Å²) in [6, 6.07) is 0. The maximum absolute atomic E-state index is 10.8. The summed E-state index contributed by atoms with van der Waals surface area (Å²) in [7, 11) is 0. The lowest BCUT2D eigenvalue weighted by molar-refractivity contribution is -0.133. The molecule has 4 saturated carbocycles. The van der Waals surface area contributed by atoms with E-state index in [1.165, 1.54) is 38.5 Å². The Bertz CT molecular complexity index is 321. The standard InChI is InChI=1S/C15H22O2/c1-10(14(16)17)2-3-15-7-11-4-12(8-15)6-13(5-11)9-15/h11-13H,1-9H2,(H,16,17). The van der Waals surface area contributed by atoms with Gasteiger partial charge in [0.2, 0.25) is 0 Å². The molecule has 0 aromatic heterocycles. The molecule has 0 heterocycles. The number of carbonyl (C=O) groups is 1. The predicted octanol–water partition coefficient (Wildman–Crippen LogP) is 3.62. The van der Waals surface area contributed by atoms with Crippen molar-refractivity contribution in [1.82, 2.24) is 0 Å². The van der Waals surface area contributed by atoms with Gasteiger partial charge in [0.05, 0.1) is 0 Å². The van der Waals surface area contributed by atoms with Gasteiger partial charge in [-0.25, -0.2) is 4.79 Å². The molecule has 0 aliphatic heterocycles. The Kier molecular flexibility index (Phi) is 2.57. The molecule has 0 spiro atoms. The van der Waals surface area contributed by atoms with E-state index in [-0.39, 0.29) is 0 Å². The molecule has 0 radical (unpaired) electrons. The lowest BCUT2D eigenvalue weighted by Gasteiger charge is -2.57. The van der Waals surface area contributed by atoms with Gasteiger partial charge in [0, 0.05) is 5.57 Å². The molecule has 2 nitrogen and oxygen atoms in total. The first-order chi connectivity index (χ1) is 8.06. The second-order valence-corrected chi connectivity index (χ2v) is 6.83. The quantitative estimate of drug-likeness (QED) is 0.754. The average molecular weight is 234 g/mol. The summed E-state index contributed by atoms with van der Waals surface area (Å²) in [5.74, 6) is 2.06. The van der Waals surface area contributed by atoms with Gasteiger partial charge in [0.15, 0.2) is 0 Å². The number of aliphatic carboxylic acids is 1. The molecule has 4 fully saturated rings. The van der Waals surface area contributed by atoms with E-state index in [0.717, 1.165) is 24.2 Å². The van der Waals surface area contributed by atoms with E-state index < -0.39 is 5.97 Å². The normalized spacial score (nSPS) is 42.7. The largest absolute Gasteiger partial charge is 0.478 e. The van der Waals surface area contributed by atoms with Crippen molar-refractivity contribution < 1.29 is 9.90 Å². The van der Waals surface area contributed by atoms with Crippen LogP contribution in [-0.2, 0) is 4.79 Å². The molecule has 4 aliphatic rings. The SMILES string of the molecule is C=C(CCC12CC3CC(CC(C3)C1)C2)C(=O)O. The van der Waals surface area contributed by atoms with Gasteiger partial charge < -0.3 is 5.11 Å². The van der Waals surface area contributed by atoms with Crippen LogP contribution < -0.4 is 0 Å². The van der Waals surface area contributed by atoms with Crippen LogP contribution >= 0.6 is 0 Å². The van der Waals surface area contributed by atoms with Gasteiger partial charge >= 0.3 is 5.97 Å². The van der Waals surface area contributed by atoms with Crippen molar-refractivity contribution >= 4 is 5.97 Å². The molecular weight excluding hydrogens is 212 g/mol. The molecule has 4 bridgehead atoms. The third-order valence-electron chi connectivity index (χ3n) is 5.42. The molecule has 4 aliphatic carbocycles. The van der Waals surface area contributed by atoms with Gasteiger partial charge in [0.25, 0.3) is 0 Å². The summed E-state index contributed by atoms with van der Waals surface area (Å²) in [4.78, 5) is 10.8. The summed E-state index contributed by atoms with van der Waals surface area (Å²) in [6.07, 6.45) is 10.2. The first-order valence-corrected chi connectivity index (χ1v) is 6.97. The summed E-state index contributed by atoms with van der Waals surface area (Å²) in [5, 5.41) is 8.90. The molecular formula is C15H22O2. The number of hydrogen-bond acceptors (Lipinski definition) is 1. The van der Waals surface area contributed by atoms with E-state index in [9.17, 15) is 4.79 Å². The van der Waals surface area contributed by atoms with E-state index in [0.29, 0.717) is 17.4 Å². The highest BCUT2D eigenvalue weighted by Crippen LogP contribution is 2.61. The minimum Gasteiger partial charge on any atom is -0.478 e. The number of rotatable bonds is 4. The summed E-state index contributed by atoms with van der Waals surface area (Å²) >= 11 is 0. The first-order valence-electron chi connectivity index (χ1n) is 6.97. The van der Waals surface area contributed by atoms with Crippen molar-refractivity contribution in [1.29, 1.82) is 0 Å². The zero-order chi connectivity index (χ0) is 12.0. The van der Waals surface area contributed by atoms with Crippen LogP contribution in [0.25, 0.3) is 0 Å². The van der Waals surface area contributed by atoms with E-state index in [1.807, 2.05) is 0 Å². The van der Waals surface area contributed by atoms with Crippen LogP contribution in [0.15, 0.2) is 12.2 Å². The van der Waals surface area contributed by atoms with Gasteiger partial charge in [-0.2, -0.15) is 0 Å². The Hall–Kier alpha value is -0.790. The third kappa shape index (κ3) is 2.02. The number of carboxylic acids is 1. The van der Waals surface area contributed by atoms with Crippen LogP contribution in [0.4, 0.5) is 0 Å². The van der Waals surface area contributed by atoms with Crippen molar-refractivity contribution in [3.63, 3.8) is 0 Å². The second-order valence-electron chi connectivity index (χ2n) is 6.83. The van der Waals surface area contributed by atoms with Crippen LogP contribution in [-0.4, -0.2) is 11.1 Å². The number of hydrogen-bond donors (Lipinski definition) is 1. The molecule has 4 rings (SSSR count). The Morgan fingerprint density at radius 3 is 2.00 bits per heavy atom. The lowest BCUT2D eigenvalue weighted by Crippen LogP contribution is -2.46. The molecule has 0 atom stereocenters. The van der Waals surface area contributed by atoms with E-state index in [4.69, 9.17) is 5.11 Å². The number of carboxylic acid groups (broad SMARTS) is 1. The molecule has 1 N–H and O–H groups in total. The summed E-state index contributed by atoms with van der Waals surface area (Å²) < 4.78 is 0. The molecule has 0 aromatic carbocycles. The predicted molar refractivity (Wildman–Crippen MR) is 66.6 cm³/mol. The molecule has 0 amide bonds. The Balaban J connectivity index is 1.66. The minimum atomic E-state index is -0.810. The third-order valence-corrected chi connectivity index (χ3v) is 5.42. The molecule has 0 saturated heterocycles. The lowest BCUT2D eigenvalue weighted by atomic mass is 9.48. The summed E-state index contributed by atoms with van der Waals surface area (Å²) in [6.45, 7) is 3.67. The molecule has 0 aromatic rings. The maximum atomic E-state index is 10.8. The van der Waals surface area contributed by atoms with Gasteiger partial charge in [0.1, 0.15) is 0 Å². The van der Waals surface area contributed by atoms with E-state index >= 15 is 0 Å². The Morgan fingerprint density at radius 2 is 1.59 bits per heavy atom. The van der Waals surface area contributed by atoms with Gasteiger partial charge in [-0.05, 0) is 74.5 Å². The fraction of sp³-hybridized carbons (Fsp3) is 0.800. The zero-order valence-corrected chi connectivity index (χ0v) is 10.5.